The largest absolute Gasteiger partial charge is 0.469 e. The molecule has 0 aliphatic carbocycles. The number of methoxy groups -OCH3 is 1. The number of hydrogen-bond donors (Lipinski definition) is 2. The summed E-state index contributed by atoms with van der Waals surface area (Å²) in [6, 6.07) is 20.2. The lowest BCUT2D eigenvalue weighted by Gasteiger charge is -2.24. The molecule has 2 atom stereocenters. The van der Waals surface area contributed by atoms with Crippen LogP contribution in [0.15, 0.2) is 78.9 Å². The number of carbonyl (C=O) groups excluding carboxylic acids is 2. The Labute approximate surface area is 261 Å². The third-order valence-corrected chi connectivity index (χ3v) is 7.54. The van der Waals surface area contributed by atoms with Gasteiger partial charge in [0, 0.05) is 22.9 Å². The molecule has 0 bridgehead atoms. The number of halogens is 2. The lowest BCUT2D eigenvalue weighted by molar-refractivity contribution is -0.143. The van der Waals surface area contributed by atoms with Gasteiger partial charge >= 0.3 is 5.97 Å². The first-order valence-electron chi connectivity index (χ1n) is 14.7. The van der Waals surface area contributed by atoms with E-state index in [1.54, 1.807) is 48.5 Å². The molecule has 4 aromatic rings. The predicted molar refractivity (Wildman–Crippen MR) is 167 cm³/mol. The first kappa shape index (κ1) is 33.5. The number of anilines is 1. The number of esters is 1. The molecule has 0 aliphatic rings. The zero-order chi connectivity index (χ0) is 32.7. The van der Waals surface area contributed by atoms with Crippen molar-refractivity contribution < 1.29 is 38.2 Å². The molecule has 0 fully saturated rings. The molecular formula is C35H38F2N2O6. The highest BCUT2D eigenvalue weighted by molar-refractivity contribution is 6.11. The summed E-state index contributed by atoms with van der Waals surface area (Å²) < 4.78 is 34.8. The van der Waals surface area contributed by atoms with E-state index in [9.17, 15) is 28.6 Å². The van der Waals surface area contributed by atoms with E-state index < -0.39 is 35.7 Å². The molecule has 1 aromatic heterocycles. The average Bonchev–Trinajstić information content (AvgIpc) is 3.37. The molecule has 0 spiro atoms. The minimum atomic E-state index is -1.10. The van der Waals surface area contributed by atoms with Crippen molar-refractivity contribution >= 4 is 17.6 Å². The van der Waals surface area contributed by atoms with Crippen molar-refractivity contribution in [1.82, 2.24) is 4.57 Å². The summed E-state index contributed by atoms with van der Waals surface area (Å²) in [5.41, 5.74) is 3.70. The Kier molecular flexibility index (Phi) is 11.2. The predicted octanol–water partition coefficient (Wildman–Crippen LogP) is 6.50. The van der Waals surface area contributed by atoms with Gasteiger partial charge in [-0.1, -0.05) is 42.5 Å². The Bertz CT molecular complexity index is 1590. The highest BCUT2D eigenvalue weighted by atomic mass is 19.1. The number of para-hydroxylation sites is 1. The zero-order valence-corrected chi connectivity index (χ0v) is 25.7. The molecule has 45 heavy (non-hydrogen) atoms. The molecule has 2 N–H and O–H groups in total. The first-order chi connectivity index (χ1) is 21.5. The van der Waals surface area contributed by atoms with Crippen LogP contribution in [0.3, 0.4) is 0 Å². The van der Waals surface area contributed by atoms with Crippen molar-refractivity contribution in [3.05, 3.63) is 102 Å². The fraction of sp³-hybridized carbons (Fsp3) is 0.314. The highest BCUT2D eigenvalue weighted by Gasteiger charge is 2.33. The van der Waals surface area contributed by atoms with E-state index in [1.807, 2.05) is 24.5 Å². The molecule has 3 aromatic carbocycles. The van der Waals surface area contributed by atoms with Crippen LogP contribution in [0.4, 0.5) is 14.5 Å². The molecule has 2 unspecified atom stereocenters. The van der Waals surface area contributed by atoms with E-state index in [4.69, 9.17) is 4.84 Å². The van der Waals surface area contributed by atoms with Crippen molar-refractivity contribution in [3.63, 3.8) is 0 Å². The number of hydroxylamine groups is 1. The Morgan fingerprint density at radius 2 is 1.38 bits per heavy atom. The maximum atomic E-state index is 14.5. The van der Waals surface area contributed by atoms with E-state index >= 15 is 0 Å². The van der Waals surface area contributed by atoms with Gasteiger partial charge in [-0.2, -0.15) is 5.06 Å². The van der Waals surface area contributed by atoms with Gasteiger partial charge in [-0.25, -0.2) is 8.78 Å². The number of nitrogens with zero attached hydrogens (tertiary/aromatic N) is 2. The van der Waals surface area contributed by atoms with Crippen LogP contribution < -0.4 is 5.06 Å². The Morgan fingerprint density at radius 3 is 1.89 bits per heavy atom. The smallest absolute Gasteiger partial charge is 0.308 e. The maximum Gasteiger partial charge on any atom is 0.308 e. The second kappa shape index (κ2) is 15.1. The van der Waals surface area contributed by atoms with Gasteiger partial charge in [0.15, 0.2) is 0 Å². The third-order valence-electron chi connectivity index (χ3n) is 7.54. The summed E-state index contributed by atoms with van der Waals surface area (Å²) in [7, 11) is 2.62. The third kappa shape index (κ3) is 7.83. The molecular weight excluding hydrogens is 582 g/mol. The number of benzene rings is 3. The molecule has 238 valence electrons. The van der Waals surface area contributed by atoms with Crippen molar-refractivity contribution in [2.45, 2.75) is 57.8 Å². The van der Waals surface area contributed by atoms with Crippen molar-refractivity contribution in [1.29, 1.82) is 0 Å². The van der Waals surface area contributed by atoms with Crippen LogP contribution >= 0.6 is 0 Å². The molecule has 8 nitrogen and oxygen atoms in total. The number of rotatable bonds is 13. The van der Waals surface area contributed by atoms with Gasteiger partial charge in [-0.05, 0) is 80.6 Å². The van der Waals surface area contributed by atoms with E-state index in [1.165, 1.54) is 43.5 Å². The van der Waals surface area contributed by atoms with Crippen molar-refractivity contribution in [2.24, 2.45) is 0 Å². The summed E-state index contributed by atoms with van der Waals surface area (Å²) in [6.07, 6.45) is -1.99. The lowest BCUT2D eigenvalue weighted by atomic mass is 9.92. The second-order valence-corrected chi connectivity index (χ2v) is 11.0. The Hall–Kier alpha value is -4.38. The SMILES string of the molecule is COC(=O)CC(O)CC(O)CCc1c(-c2ccc(F)cc2)c(-c2ccc(F)cc2)c(C(=O)N(OC)c2ccccc2)n1C(C)C. The quantitative estimate of drug-likeness (QED) is 0.131. The lowest BCUT2D eigenvalue weighted by Crippen LogP contribution is -2.32. The minimum Gasteiger partial charge on any atom is -0.469 e. The normalized spacial score (nSPS) is 12.6. The number of aliphatic hydroxyl groups excluding tert-OH is 2. The van der Waals surface area contributed by atoms with Gasteiger partial charge in [0.1, 0.15) is 17.3 Å². The van der Waals surface area contributed by atoms with Crippen LogP contribution in [0.2, 0.25) is 0 Å². The van der Waals surface area contributed by atoms with Gasteiger partial charge in [-0.3, -0.25) is 14.4 Å². The van der Waals surface area contributed by atoms with E-state index in [-0.39, 0.29) is 37.4 Å². The monoisotopic (exact) mass is 620 g/mol. The van der Waals surface area contributed by atoms with Crippen molar-refractivity contribution in [2.75, 3.05) is 19.3 Å². The summed E-state index contributed by atoms with van der Waals surface area (Å²) in [6.45, 7) is 3.83. The van der Waals surface area contributed by atoms with Gasteiger partial charge in [0.25, 0.3) is 5.91 Å². The minimum absolute atomic E-state index is 0.0641. The molecule has 4 rings (SSSR count). The summed E-state index contributed by atoms with van der Waals surface area (Å²) in [4.78, 5) is 31.8. The topological polar surface area (TPSA) is 101 Å². The second-order valence-electron chi connectivity index (χ2n) is 11.0. The molecule has 10 heteroatoms. The number of amides is 1. The van der Waals surface area contributed by atoms with Crippen LogP contribution in [-0.4, -0.2) is 53.1 Å². The van der Waals surface area contributed by atoms with E-state index in [0.717, 1.165) is 0 Å². The summed E-state index contributed by atoms with van der Waals surface area (Å²) in [5.74, 6) is -1.96. The summed E-state index contributed by atoms with van der Waals surface area (Å²) >= 11 is 0. The molecule has 1 heterocycles. The number of ether oxygens (including phenoxy) is 1. The van der Waals surface area contributed by atoms with Crippen LogP contribution in [0.5, 0.6) is 0 Å². The van der Waals surface area contributed by atoms with Crippen LogP contribution in [-0.2, 0) is 20.8 Å². The molecule has 0 saturated carbocycles. The fourth-order valence-corrected chi connectivity index (χ4v) is 5.55. The molecule has 1 amide bonds. The number of aliphatic hydroxyl groups is 2. The zero-order valence-electron chi connectivity index (χ0n) is 25.7. The van der Waals surface area contributed by atoms with Crippen molar-refractivity contribution in [3.8, 4) is 22.3 Å². The van der Waals surface area contributed by atoms with Gasteiger partial charge < -0.3 is 19.5 Å². The van der Waals surface area contributed by atoms with E-state index in [0.29, 0.717) is 33.6 Å². The van der Waals surface area contributed by atoms with Crippen LogP contribution in [0, 0.1) is 11.6 Å². The van der Waals surface area contributed by atoms with Gasteiger partial charge in [-0.15, -0.1) is 0 Å². The van der Waals surface area contributed by atoms with Gasteiger partial charge in [0.05, 0.1) is 38.5 Å². The molecule has 0 radical (unpaired) electrons. The highest BCUT2D eigenvalue weighted by Crippen LogP contribution is 2.43. The standard InChI is InChI=1S/C35H38F2N2O6/c1-22(2)38-30(19-18-28(40)20-29(41)21-31(42)44-3)32(23-10-14-25(36)15-11-23)33(24-12-16-26(37)17-13-24)34(38)35(43)39(45-4)27-8-6-5-7-9-27/h5-17,22,28-29,40-41H,18-21H2,1-4H3. The number of hydrogen-bond acceptors (Lipinski definition) is 6. The fourth-order valence-electron chi connectivity index (χ4n) is 5.55. The number of aromatic nitrogens is 1. The average molecular weight is 621 g/mol. The maximum absolute atomic E-state index is 14.5. The molecule has 0 saturated heterocycles. The van der Waals surface area contributed by atoms with Crippen LogP contribution in [0.1, 0.15) is 55.3 Å². The van der Waals surface area contributed by atoms with Crippen LogP contribution in [0.25, 0.3) is 22.3 Å². The first-order valence-corrected chi connectivity index (χ1v) is 14.7. The Morgan fingerprint density at radius 1 is 0.822 bits per heavy atom. The van der Waals surface area contributed by atoms with Gasteiger partial charge in [0.2, 0.25) is 0 Å². The summed E-state index contributed by atoms with van der Waals surface area (Å²) in [5, 5.41) is 22.4. The van der Waals surface area contributed by atoms with E-state index in [2.05, 4.69) is 4.74 Å². The molecule has 0 aliphatic heterocycles. The Balaban J connectivity index is 1.94. The number of carbonyl (C=O) groups is 2.